The van der Waals surface area contributed by atoms with Gasteiger partial charge in [0.25, 0.3) is 0 Å². The van der Waals surface area contributed by atoms with Crippen LogP contribution in [0.15, 0.2) is 0 Å². The second-order valence-corrected chi connectivity index (χ2v) is 7.86. The molecule has 0 saturated heterocycles. The van der Waals surface area contributed by atoms with Crippen LogP contribution >= 0.6 is 0 Å². The van der Waals surface area contributed by atoms with Crippen molar-refractivity contribution in [2.45, 2.75) is 11.4 Å². The first-order chi connectivity index (χ1) is 3.13. The Morgan fingerprint density at radius 1 is 1.12 bits per heavy atom. The van der Waals surface area contributed by atoms with Crippen molar-refractivity contribution in [1.29, 1.82) is 0 Å². The van der Waals surface area contributed by atoms with Gasteiger partial charge in [-0.3, -0.25) is 0 Å². The molecule has 0 atom stereocenters. The molecule has 6 heteroatoms. The van der Waals surface area contributed by atoms with Crippen LogP contribution in [0.4, 0.5) is 0 Å². The zero-order valence-corrected chi connectivity index (χ0v) is 8.42. The van der Waals surface area contributed by atoms with E-state index in [0.29, 0.717) is 0 Å². The van der Waals surface area contributed by atoms with E-state index in [1.165, 1.54) is 11.4 Å². The van der Waals surface area contributed by atoms with Crippen molar-refractivity contribution in [2.75, 3.05) is 0 Å². The maximum absolute atomic E-state index is 10.1. The Morgan fingerprint density at radius 3 is 1.38 bits per heavy atom. The molecule has 0 aliphatic carbocycles. The van der Waals surface area contributed by atoms with Crippen LogP contribution in [-0.2, 0) is 10.2 Å². The fraction of sp³-hybridized carbons (Fsp3) is 1.00. The summed E-state index contributed by atoms with van der Waals surface area (Å²) in [4.78, 5) is 0. The summed E-state index contributed by atoms with van der Waals surface area (Å²) in [5.41, 5.74) is 2.99. The number of hydrogen-bond donors (Lipinski definition) is 0. The van der Waals surface area contributed by atoms with Crippen LogP contribution in [0.2, 0.25) is 11.4 Å². The van der Waals surface area contributed by atoms with Crippen molar-refractivity contribution in [3.05, 3.63) is 0 Å². The standard InChI is InChI=1S/C2H8As2O3.Ca.2H/c1-3(5)7-4(2)6;;;/h3-4H,1-2H3;;;. The van der Waals surface area contributed by atoms with Gasteiger partial charge in [0, 0.05) is 0 Å². The monoisotopic (exact) mass is 272 g/mol. The average Bonchev–Trinajstić information content (AvgIpc) is 1.27. The first kappa shape index (κ1) is 12.6. The van der Waals surface area contributed by atoms with Crippen LogP contribution in [0.1, 0.15) is 0 Å². The minimum atomic E-state index is -2.44. The zero-order valence-electron chi connectivity index (χ0n) is 4.22. The van der Waals surface area contributed by atoms with Gasteiger partial charge >= 0.3 is 89.2 Å². The second-order valence-electron chi connectivity index (χ2n) is 1.09. The Hall–Kier alpha value is 1.94. The summed E-state index contributed by atoms with van der Waals surface area (Å²) in [6, 6.07) is 0. The molecule has 0 aliphatic heterocycles. The third kappa shape index (κ3) is 10.8. The minimum absolute atomic E-state index is 0. The van der Waals surface area contributed by atoms with Crippen LogP contribution in [0.5, 0.6) is 0 Å². The average molecular weight is 272 g/mol. The van der Waals surface area contributed by atoms with Crippen LogP contribution in [-0.4, -0.2) is 67.6 Å². The molecular weight excluding hydrogens is 262 g/mol. The molecule has 8 heavy (non-hydrogen) atoms. The molecule has 3 nitrogen and oxygen atoms in total. The van der Waals surface area contributed by atoms with E-state index >= 15 is 0 Å². The topological polar surface area (TPSA) is 43.4 Å². The van der Waals surface area contributed by atoms with Gasteiger partial charge in [0.15, 0.2) is 0 Å². The van der Waals surface area contributed by atoms with Gasteiger partial charge in [-0.25, -0.2) is 0 Å². The van der Waals surface area contributed by atoms with E-state index in [2.05, 4.69) is 2.72 Å². The van der Waals surface area contributed by atoms with Crippen molar-refractivity contribution in [3.8, 4) is 0 Å². The van der Waals surface area contributed by atoms with Crippen LogP contribution in [0, 0.1) is 0 Å². The quantitative estimate of drug-likeness (QED) is 0.584. The Morgan fingerprint density at radius 2 is 1.38 bits per heavy atom. The van der Waals surface area contributed by atoms with Gasteiger partial charge in [0.1, 0.15) is 0 Å². The van der Waals surface area contributed by atoms with Crippen molar-refractivity contribution >= 4 is 67.6 Å². The van der Waals surface area contributed by atoms with Crippen LogP contribution < -0.4 is 0 Å². The predicted molar refractivity (Wildman–Crippen MR) is 37.0 cm³/mol. The SMILES string of the molecule is C[AsH](=O)O[AsH](C)=O.[CaH2]. The third-order valence-electron chi connectivity index (χ3n) is 0.287. The summed E-state index contributed by atoms with van der Waals surface area (Å²) in [6.07, 6.45) is 0. The summed E-state index contributed by atoms with van der Waals surface area (Å²) >= 11 is -4.88. The first-order valence-corrected chi connectivity index (χ1v) is 9.44. The van der Waals surface area contributed by atoms with E-state index in [1.807, 2.05) is 0 Å². The van der Waals surface area contributed by atoms with Gasteiger partial charge in [-0.2, -0.15) is 0 Å². The zero-order chi connectivity index (χ0) is 5.86. The molecule has 0 bridgehead atoms. The van der Waals surface area contributed by atoms with Crippen molar-refractivity contribution < 1.29 is 10.2 Å². The molecule has 0 saturated carbocycles. The predicted octanol–water partition coefficient (Wildman–Crippen LogP) is -1.35. The van der Waals surface area contributed by atoms with E-state index in [9.17, 15) is 7.48 Å². The third-order valence-corrected chi connectivity index (χ3v) is 7.76. The van der Waals surface area contributed by atoms with E-state index in [0.717, 1.165) is 0 Å². The molecule has 48 valence electrons. The summed E-state index contributed by atoms with van der Waals surface area (Å²) in [7, 11) is 0. The fourth-order valence-electron chi connectivity index (χ4n) is 0.202. The Bertz CT molecular complexity index is 91.5. The van der Waals surface area contributed by atoms with Crippen molar-refractivity contribution in [3.63, 3.8) is 0 Å². The molecule has 0 N–H and O–H groups in total. The molecule has 0 aliphatic rings. The molecule has 0 rings (SSSR count). The molecule has 0 unspecified atom stereocenters. The molecule has 0 aromatic carbocycles. The van der Waals surface area contributed by atoms with Gasteiger partial charge in [-0.15, -0.1) is 0 Å². The molecule has 0 amide bonds. The van der Waals surface area contributed by atoms with E-state index in [4.69, 9.17) is 0 Å². The summed E-state index contributed by atoms with van der Waals surface area (Å²) in [5, 5.41) is 0. The van der Waals surface area contributed by atoms with E-state index in [-0.39, 0.29) is 37.7 Å². The first-order valence-electron chi connectivity index (χ1n) is 1.82. The molecular formula is C2H10As2CaO3. The van der Waals surface area contributed by atoms with Crippen LogP contribution in [0.3, 0.4) is 0 Å². The van der Waals surface area contributed by atoms with Gasteiger partial charge in [-0.05, 0) is 0 Å². The van der Waals surface area contributed by atoms with E-state index in [1.54, 1.807) is 0 Å². The Balaban J connectivity index is 0. The molecule has 0 aromatic heterocycles. The van der Waals surface area contributed by atoms with Crippen molar-refractivity contribution in [2.24, 2.45) is 0 Å². The van der Waals surface area contributed by atoms with Gasteiger partial charge in [0.05, 0.1) is 0 Å². The van der Waals surface area contributed by atoms with Crippen molar-refractivity contribution in [1.82, 2.24) is 0 Å². The van der Waals surface area contributed by atoms with Crippen LogP contribution in [0.25, 0.3) is 0 Å². The second kappa shape index (κ2) is 7.05. The number of hydrogen-bond acceptors (Lipinski definition) is 3. The normalized spacial score (nSPS) is 16.2. The maximum atomic E-state index is 10.1. The van der Waals surface area contributed by atoms with Gasteiger partial charge in [-0.1, -0.05) is 0 Å². The Kier molecular flexibility index (Phi) is 11.1. The summed E-state index contributed by atoms with van der Waals surface area (Å²) < 4.78 is 24.7. The number of rotatable bonds is 2. The molecule has 0 aromatic rings. The van der Waals surface area contributed by atoms with Gasteiger partial charge in [0.2, 0.25) is 0 Å². The molecule has 0 spiro atoms. The molecule has 0 heterocycles. The van der Waals surface area contributed by atoms with E-state index < -0.39 is 29.9 Å². The fourth-order valence-corrected chi connectivity index (χ4v) is 5.46. The molecule has 0 radical (unpaired) electrons. The Labute approximate surface area is 87.8 Å². The summed E-state index contributed by atoms with van der Waals surface area (Å²) in [5.74, 6) is 0. The van der Waals surface area contributed by atoms with Gasteiger partial charge < -0.3 is 0 Å². The molecule has 0 fully saturated rings. The summed E-state index contributed by atoms with van der Waals surface area (Å²) in [6.45, 7) is 0.